The summed E-state index contributed by atoms with van der Waals surface area (Å²) < 4.78 is 28.1. The van der Waals surface area contributed by atoms with Gasteiger partial charge in [-0.1, -0.05) is 0 Å². The van der Waals surface area contributed by atoms with E-state index in [-0.39, 0.29) is 12.3 Å². The van der Waals surface area contributed by atoms with E-state index in [1.165, 1.54) is 13.3 Å². The largest absolute Gasteiger partial charge is 0.465 e. The molecule has 1 saturated heterocycles. The van der Waals surface area contributed by atoms with Crippen molar-refractivity contribution in [3.05, 3.63) is 23.9 Å². The normalized spacial score (nSPS) is 21.0. The van der Waals surface area contributed by atoms with Gasteiger partial charge in [-0.05, 0) is 25.0 Å². The van der Waals surface area contributed by atoms with Gasteiger partial charge in [0.25, 0.3) is 0 Å². The Balaban J connectivity index is 2.10. The second-order valence-corrected chi connectivity index (χ2v) is 6.80. The van der Waals surface area contributed by atoms with E-state index in [4.69, 9.17) is 0 Å². The number of hydrogen-bond acceptors (Lipinski definition) is 6. The molecule has 2 heterocycles. The molecular formula is C12H16N2O4S. The second kappa shape index (κ2) is 5.56. The van der Waals surface area contributed by atoms with Crippen molar-refractivity contribution in [1.29, 1.82) is 0 Å². The van der Waals surface area contributed by atoms with Crippen LogP contribution in [0, 0.1) is 0 Å². The molecule has 1 fully saturated rings. The number of esters is 1. The lowest BCUT2D eigenvalue weighted by Gasteiger charge is -2.13. The SMILES string of the molecule is COC(=O)c1cccnc1NCC1CCCS1(=O)=O. The summed E-state index contributed by atoms with van der Waals surface area (Å²) in [5, 5.41) is 2.53. The predicted molar refractivity (Wildman–Crippen MR) is 70.9 cm³/mol. The first kappa shape index (κ1) is 13.8. The summed E-state index contributed by atoms with van der Waals surface area (Å²) in [4.78, 5) is 15.6. The molecule has 7 heteroatoms. The first-order valence-electron chi connectivity index (χ1n) is 6.03. The average molecular weight is 284 g/mol. The van der Waals surface area contributed by atoms with Crippen molar-refractivity contribution in [2.75, 3.05) is 24.7 Å². The van der Waals surface area contributed by atoms with Gasteiger partial charge in [0.05, 0.1) is 18.1 Å². The zero-order valence-electron chi connectivity index (χ0n) is 10.6. The van der Waals surface area contributed by atoms with Gasteiger partial charge in [-0.2, -0.15) is 0 Å². The zero-order valence-corrected chi connectivity index (χ0v) is 11.4. The van der Waals surface area contributed by atoms with Gasteiger partial charge < -0.3 is 10.1 Å². The minimum atomic E-state index is -3.00. The van der Waals surface area contributed by atoms with E-state index < -0.39 is 21.1 Å². The Morgan fingerprint density at radius 1 is 1.58 bits per heavy atom. The van der Waals surface area contributed by atoms with Crippen LogP contribution in [-0.2, 0) is 14.6 Å². The molecule has 1 aliphatic heterocycles. The van der Waals surface area contributed by atoms with Crippen molar-refractivity contribution in [1.82, 2.24) is 4.98 Å². The fraction of sp³-hybridized carbons (Fsp3) is 0.500. The van der Waals surface area contributed by atoms with Crippen molar-refractivity contribution >= 4 is 21.6 Å². The monoisotopic (exact) mass is 284 g/mol. The Morgan fingerprint density at radius 2 is 2.37 bits per heavy atom. The highest BCUT2D eigenvalue weighted by atomic mass is 32.2. The zero-order chi connectivity index (χ0) is 13.9. The molecule has 0 spiro atoms. The molecule has 0 radical (unpaired) electrons. The van der Waals surface area contributed by atoms with Crippen molar-refractivity contribution in [3.63, 3.8) is 0 Å². The van der Waals surface area contributed by atoms with Gasteiger partial charge in [0.2, 0.25) is 0 Å². The van der Waals surface area contributed by atoms with E-state index in [1.807, 2.05) is 0 Å². The van der Waals surface area contributed by atoms with E-state index >= 15 is 0 Å². The van der Waals surface area contributed by atoms with Crippen LogP contribution in [0.3, 0.4) is 0 Å². The minimum Gasteiger partial charge on any atom is -0.465 e. The third kappa shape index (κ3) is 3.04. The summed E-state index contributed by atoms with van der Waals surface area (Å²) in [5.41, 5.74) is 0.306. The smallest absolute Gasteiger partial charge is 0.341 e. The van der Waals surface area contributed by atoms with Crippen LogP contribution in [0.2, 0.25) is 0 Å². The van der Waals surface area contributed by atoms with Crippen molar-refractivity contribution in [2.24, 2.45) is 0 Å². The Hall–Kier alpha value is -1.63. The van der Waals surface area contributed by atoms with Crippen LogP contribution in [0.15, 0.2) is 18.3 Å². The summed E-state index contributed by atoms with van der Waals surface area (Å²) in [7, 11) is -1.71. The number of pyridine rings is 1. The fourth-order valence-corrected chi connectivity index (χ4v) is 3.88. The molecular weight excluding hydrogens is 268 g/mol. The van der Waals surface area contributed by atoms with Crippen LogP contribution >= 0.6 is 0 Å². The van der Waals surface area contributed by atoms with E-state index in [2.05, 4.69) is 15.0 Å². The minimum absolute atomic E-state index is 0.241. The van der Waals surface area contributed by atoms with Crippen molar-refractivity contribution < 1.29 is 17.9 Å². The molecule has 1 aromatic rings. The standard InChI is InChI=1S/C12H16N2O4S/c1-18-12(15)10-5-2-6-13-11(10)14-8-9-4-3-7-19(9,16)17/h2,5-6,9H,3-4,7-8H2,1H3,(H,13,14). The summed E-state index contributed by atoms with van der Waals surface area (Å²) in [6.07, 6.45) is 2.88. The molecule has 0 aromatic carbocycles. The molecule has 104 valence electrons. The number of hydrogen-bond donors (Lipinski definition) is 1. The summed E-state index contributed by atoms with van der Waals surface area (Å²) in [6, 6.07) is 3.22. The highest BCUT2D eigenvalue weighted by molar-refractivity contribution is 7.92. The number of methoxy groups -OCH3 is 1. The molecule has 2 rings (SSSR count). The molecule has 1 atom stereocenters. The van der Waals surface area contributed by atoms with Crippen LogP contribution in [0.4, 0.5) is 5.82 Å². The predicted octanol–water partition coefficient (Wildman–Crippen LogP) is 0.857. The molecule has 0 bridgehead atoms. The van der Waals surface area contributed by atoms with E-state index in [0.717, 1.165) is 0 Å². The third-order valence-corrected chi connectivity index (χ3v) is 5.45. The van der Waals surface area contributed by atoms with Gasteiger partial charge in [-0.3, -0.25) is 0 Å². The maximum atomic E-state index is 11.7. The summed E-state index contributed by atoms with van der Waals surface area (Å²) in [6.45, 7) is 0.267. The number of aromatic nitrogens is 1. The van der Waals surface area contributed by atoms with Crippen molar-refractivity contribution in [2.45, 2.75) is 18.1 Å². The summed E-state index contributed by atoms with van der Waals surface area (Å²) in [5.74, 6) is 0.104. The molecule has 6 nitrogen and oxygen atoms in total. The van der Waals surface area contributed by atoms with E-state index in [9.17, 15) is 13.2 Å². The van der Waals surface area contributed by atoms with E-state index in [1.54, 1.807) is 12.1 Å². The Morgan fingerprint density at radius 3 is 3.00 bits per heavy atom. The highest BCUT2D eigenvalue weighted by Gasteiger charge is 2.31. The van der Waals surface area contributed by atoms with Crippen LogP contribution in [0.5, 0.6) is 0 Å². The van der Waals surface area contributed by atoms with Gasteiger partial charge in [0.15, 0.2) is 9.84 Å². The number of carbonyl (C=O) groups excluding carboxylic acids is 1. The van der Waals surface area contributed by atoms with Gasteiger partial charge in [0, 0.05) is 12.7 Å². The topological polar surface area (TPSA) is 85.4 Å². The molecule has 1 aliphatic rings. The molecule has 1 unspecified atom stereocenters. The quantitative estimate of drug-likeness (QED) is 0.825. The summed E-state index contributed by atoms with van der Waals surface area (Å²) >= 11 is 0. The number of rotatable bonds is 4. The number of anilines is 1. The van der Waals surface area contributed by atoms with Gasteiger partial charge in [-0.15, -0.1) is 0 Å². The molecule has 19 heavy (non-hydrogen) atoms. The lowest BCUT2D eigenvalue weighted by Crippen LogP contribution is -2.26. The van der Waals surface area contributed by atoms with Gasteiger partial charge in [-0.25, -0.2) is 18.2 Å². The number of nitrogens with one attached hydrogen (secondary N) is 1. The molecule has 0 saturated carbocycles. The van der Waals surface area contributed by atoms with Gasteiger partial charge in [0.1, 0.15) is 11.4 Å². The Bertz CT molecular complexity index is 571. The van der Waals surface area contributed by atoms with Crippen LogP contribution in [-0.4, -0.2) is 44.0 Å². The highest BCUT2D eigenvalue weighted by Crippen LogP contribution is 2.21. The van der Waals surface area contributed by atoms with E-state index in [0.29, 0.717) is 24.2 Å². The first-order chi connectivity index (χ1) is 9.04. The number of nitrogens with zero attached hydrogens (tertiary/aromatic N) is 1. The maximum absolute atomic E-state index is 11.7. The van der Waals surface area contributed by atoms with Crippen LogP contribution < -0.4 is 5.32 Å². The molecule has 1 aromatic heterocycles. The molecule has 1 N–H and O–H groups in total. The fourth-order valence-electron chi connectivity index (χ4n) is 2.12. The number of ether oxygens (including phenoxy) is 1. The van der Waals surface area contributed by atoms with Gasteiger partial charge >= 0.3 is 5.97 Å². The Labute approximate surface area is 112 Å². The lowest BCUT2D eigenvalue weighted by molar-refractivity contribution is 0.0601. The lowest BCUT2D eigenvalue weighted by atomic mass is 10.2. The van der Waals surface area contributed by atoms with Crippen molar-refractivity contribution in [3.8, 4) is 0 Å². The van der Waals surface area contributed by atoms with Crippen LogP contribution in [0.1, 0.15) is 23.2 Å². The molecule has 0 aliphatic carbocycles. The second-order valence-electron chi connectivity index (χ2n) is 4.40. The number of carbonyl (C=O) groups is 1. The average Bonchev–Trinajstić information content (AvgIpc) is 2.75. The van der Waals surface area contributed by atoms with Crippen LogP contribution in [0.25, 0.3) is 0 Å². The Kier molecular flexibility index (Phi) is 4.04. The third-order valence-electron chi connectivity index (χ3n) is 3.17. The maximum Gasteiger partial charge on any atom is 0.341 e. The number of sulfone groups is 1. The first-order valence-corrected chi connectivity index (χ1v) is 7.75. The molecule has 0 amide bonds.